The van der Waals surface area contributed by atoms with Crippen LogP contribution in [0.25, 0.3) is 0 Å². The third-order valence-corrected chi connectivity index (χ3v) is 3.65. The van der Waals surface area contributed by atoms with Gasteiger partial charge in [0.25, 0.3) is 5.92 Å². The Morgan fingerprint density at radius 2 is 1.74 bits per heavy atom. The molecule has 2 saturated carbocycles. The van der Waals surface area contributed by atoms with Gasteiger partial charge in [0.15, 0.2) is 0 Å². The van der Waals surface area contributed by atoms with Gasteiger partial charge in [-0.15, -0.1) is 0 Å². The van der Waals surface area contributed by atoms with E-state index >= 15 is 0 Å². The van der Waals surface area contributed by atoms with E-state index in [0.717, 1.165) is 0 Å². The van der Waals surface area contributed by atoms with Crippen LogP contribution >= 0.6 is 0 Å². The zero-order valence-electron chi connectivity index (χ0n) is 11.0. The Hall–Kier alpha value is -1.40. The summed E-state index contributed by atoms with van der Waals surface area (Å²) in [5.41, 5.74) is -2.39. The molecule has 0 spiro atoms. The molecule has 2 atom stereocenters. The molecule has 0 bridgehead atoms. The van der Waals surface area contributed by atoms with E-state index in [9.17, 15) is 23.5 Å². The molecule has 0 radical (unpaired) electrons. The van der Waals surface area contributed by atoms with Crippen LogP contribution in [0.3, 0.4) is 0 Å². The van der Waals surface area contributed by atoms with Crippen molar-refractivity contribution in [2.75, 3.05) is 0 Å². The Kier molecular flexibility index (Phi) is 2.80. The van der Waals surface area contributed by atoms with Crippen LogP contribution in [0.15, 0.2) is 0 Å². The Morgan fingerprint density at radius 3 is 2.11 bits per heavy atom. The first-order valence-corrected chi connectivity index (χ1v) is 6.10. The molecule has 2 unspecified atom stereocenters. The van der Waals surface area contributed by atoms with Crippen molar-refractivity contribution < 1.29 is 28.2 Å². The first kappa shape index (κ1) is 14.0. The molecule has 19 heavy (non-hydrogen) atoms. The predicted molar refractivity (Wildman–Crippen MR) is 60.9 cm³/mol. The number of hydrogen-bond acceptors (Lipinski definition) is 3. The lowest BCUT2D eigenvalue weighted by Gasteiger charge is -2.30. The molecule has 108 valence electrons. The third kappa shape index (κ3) is 2.37. The summed E-state index contributed by atoms with van der Waals surface area (Å²) in [6.07, 6.45) is -1.39. The van der Waals surface area contributed by atoms with Crippen molar-refractivity contribution in [2.45, 2.75) is 50.7 Å². The second-order valence-electron chi connectivity index (χ2n) is 6.31. The topological polar surface area (TPSA) is 75.6 Å². The zero-order valence-corrected chi connectivity index (χ0v) is 11.0. The van der Waals surface area contributed by atoms with Crippen molar-refractivity contribution in [1.29, 1.82) is 0 Å². The van der Waals surface area contributed by atoms with Gasteiger partial charge in [0.1, 0.15) is 11.1 Å². The molecule has 0 saturated heterocycles. The minimum Gasteiger partial charge on any atom is -0.480 e. The Morgan fingerprint density at radius 1 is 1.26 bits per heavy atom. The average molecular weight is 277 g/mol. The summed E-state index contributed by atoms with van der Waals surface area (Å²) in [6, 6.07) is 0. The van der Waals surface area contributed by atoms with Crippen LogP contribution < -0.4 is 5.32 Å². The number of carboxylic acids is 1. The third-order valence-electron chi connectivity index (χ3n) is 3.65. The van der Waals surface area contributed by atoms with Crippen molar-refractivity contribution >= 4 is 12.1 Å². The largest absolute Gasteiger partial charge is 0.480 e. The molecule has 0 aromatic carbocycles. The fraction of sp³-hybridized carbons (Fsp3) is 0.833. The standard InChI is InChI=1S/C12H17F2NO4/c1-10(2,3)19-9(18)15-11(8(16)17)4-6-7(5-11)12(6,13)14/h6-7H,4-5H2,1-3H3,(H,15,18)(H,16,17). The molecule has 0 aliphatic heterocycles. The molecule has 1 amide bonds. The van der Waals surface area contributed by atoms with Crippen molar-refractivity contribution in [2.24, 2.45) is 11.8 Å². The van der Waals surface area contributed by atoms with Crippen LogP contribution in [0.5, 0.6) is 0 Å². The van der Waals surface area contributed by atoms with Crippen LogP contribution in [0.2, 0.25) is 0 Å². The molecular weight excluding hydrogens is 260 g/mol. The van der Waals surface area contributed by atoms with Gasteiger partial charge in [0.2, 0.25) is 0 Å². The van der Waals surface area contributed by atoms with Crippen LogP contribution in [-0.4, -0.2) is 34.2 Å². The second-order valence-corrected chi connectivity index (χ2v) is 6.31. The molecular formula is C12H17F2NO4. The highest BCUT2D eigenvalue weighted by Gasteiger charge is 2.76. The van der Waals surface area contributed by atoms with Crippen LogP contribution in [0, 0.1) is 11.8 Å². The molecule has 2 aliphatic carbocycles. The molecule has 0 heterocycles. The van der Waals surface area contributed by atoms with Crippen molar-refractivity contribution in [3.8, 4) is 0 Å². The van der Waals surface area contributed by atoms with Crippen LogP contribution in [0.1, 0.15) is 33.6 Å². The molecule has 0 aromatic heterocycles. The maximum Gasteiger partial charge on any atom is 0.408 e. The van der Waals surface area contributed by atoms with Crippen molar-refractivity contribution in [3.63, 3.8) is 0 Å². The number of rotatable bonds is 2. The second kappa shape index (κ2) is 3.80. The maximum atomic E-state index is 13.1. The summed E-state index contributed by atoms with van der Waals surface area (Å²) < 4.78 is 31.2. The summed E-state index contributed by atoms with van der Waals surface area (Å²) in [5, 5.41) is 11.5. The highest BCUT2D eigenvalue weighted by atomic mass is 19.3. The normalized spacial score (nSPS) is 35.4. The van der Waals surface area contributed by atoms with E-state index in [-0.39, 0.29) is 12.8 Å². The van der Waals surface area contributed by atoms with Gasteiger partial charge in [0, 0.05) is 11.8 Å². The smallest absolute Gasteiger partial charge is 0.408 e. The number of carboxylic acid groups (broad SMARTS) is 1. The SMILES string of the molecule is CC(C)(C)OC(=O)NC1(C(=O)O)CC2C(C1)C2(F)F. The van der Waals surface area contributed by atoms with E-state index in [1.807, 2.05) is 0 Å². The molecule has 2 aliphatic rings. The number of carbonyl (C=O) groups is 2. The lowest BCUT2D eigenvalue weighted by molar-refractivity contribution is -0.146. The lowest BCUT2D eigenvalue weighted by Crippen LogP contribution is -2.55. The Bertz CT molecular complexity index is 416. The van der Waals surface area contributed by atoms with E-state index in [4.69, 9.17) is 4.74 Å². The quantitative estimate of drug-likeness (QED) is 0.809. The number of aliphatic carboxylic acids is 1. The van der Waals surface area contributed by atoms with Gasteiger partial charge in [-0.2, -0.15) is 0 Å². The van der Waals surface area contributed by atoms with Gasteiger partial charge >= 0.3 is 12.1 Å². The number of hydrogen-bond donors (Lipinski definition) is 2. The van der Waals surface area contributed by atoms with Gasteiger partial charge in [-0.05, 0) is 33.6 Å². The summed E-state index contributed by atoms with van der Waals surface area (Å²) in [5.74, 6) is -5.97. The minimum atomic E-state index is -2.78. The van der Waals surface area contributed by atoms with E-state index in [0.29, 0.717) is 0 Å². The van der Waals surface area contributed by atoms with Crippen LogP contribution in [0.4, 0.5) is 13.6 Å². The zero-order chi connectivity index (χ0) is 14.6. The number of fused-ring (bicyclic) bond motifs is 1. The van der Waals surface area contributed by atoms with E-state index in [1.165, 1.54) is 0 Å². The summed E-state index contributed by atoms with van der Waals surface area (Å²) in [6.45, 7) is 4.92. The number of alkyl carbamates (subject to hydrolysis) is 1. The molecule has 2 N–H and O–H groups in total. The lowest BCUT2D eigenvalue weighted by atomic mass is 9.93. The predicted octanol–water partition coefficient (Wildman–Crippen LogP) is 2.01. The van der Waals surface area contributed by atoms with Crippen molar-refractivity contribution in [1.82, 2.24) is 5.32 Å². The maximum absolute atomic E-state index is 13.1. The first-order valence-electron chi connectivity index (χ1n) is 6.10. The van der Waals surface area contributed by atoms with E-state index in [2.05, 4.69) is 5.32 Å². The fourth-order valence-electron chi connectivity index (χ4n) is 2.68. The number of amides is 1. The summed E-state index contributed by atoms with van der Waals surface area (Å²) in [7, 11) is 0. The molecule has 2 fully saturated rings. The molecule has 7 heteroatoms. The molecule has 5 nitrogen and oxygen atoms in total. The number of halogens is 2. The Balaban J connectivity index is 2.04. The minimum absolute atomic E-state index is 0.251. The Labute approximate surface area is 109 Å². The fourth-order valence-corrected chi connectivity index (χ4v) is 2.68. The van der Waals surface area contributed by atoms with Crippen LogP contribution in [-0.2, 0) is 9.53 Å². The molecule has 2 rings (SSSR count). The summed E-state index contributed by atoms with van der Waals surface area (Å²) >= 11 is 0. The monoisotopic (exact) mass is 277 g/mol. The van der Waals surface area contributed by atoms with Crippen molar-refractivity contribution in [3.05, 3.63) is 0 Å². The number of alkyl halides is 2. The number of carbonyl (C=O) groups excluding carboxylic acids is 1. The highest BCUT2D eigenvalue weighted by Crippen LogP contribution is 2.66. The molecule has 0 aromatic rings. The van der Waals surface area contributed by atoms with Gasteiger partial charge < -0.3 is 15.2 Å². The van der Waals surface area contributed by atoms with Gasteiger partial charge in [-0.25, -0.2) is 18.4 Å². The van der Waals surface area contributed by atoms with E-state index in [1.54, 1.807) is 20.8 Å². The summed E-state index contributed by atoms with van der Waals surface area (Å²) in [4.78, 5) is 22.9. The first-order chi connectivity index (χ1) is 8.48. The number of ether oxygens (including phenoxy) is 1. The van der Waals surface area contributed by atoms with E-state index < -0.39 is 41.0 Å². The average Bonchev–Trinajstić information content (AvgIpc) is 2.58. The van der Waals surface area contributed by atoms with Gasteiger partial charge in [-0.1, -0.05) is 0 Å². The number of nitrogens with one attached hydrogen (secondary N) is 1. The van der Waals surface area contributed by atoms with Gasteiger partial charge in [-0.3, -0.25) is 0 Å². The van der Waals surface area contributed by atoms with Gasteiger partial charge in [0.05, 0.1) is 0 Å². The highest BCUT2D eigenvalue weighted by molar-refractivity contribution is 5.85.